The number of rotatable bonds is 4. The molecule has 0 unspecified atom stereocenters. The van der Waals surface area contributed by atoms with Gasteiger partial charge in [-0.25, -0.2) is 0 Å². The number of hydrogen-bond donors (Lipinski definition) is 2. The molecule has 0 atom stereocenters. The van der Waals surface area contributed by atoms with Gasteiger partial charge in [-0.05, 0) is 18.2 Å². The van der Waals surface area contributed by atoms with Crippen molar-refractivity contribution >= 4 is 23.0 Å². The molecule has 2 N–H and O–H groups in total. The molecule has 0 radical (unpaired) electrons. The van der Waals surface area contributed by atoms with E-state index in [4.69, 9.17) is 11.6 Å². The number of nitrogens with one attached hydrogen (secondary N) is 2. The lowest BCUT2D eigenvalue weighted by molar-refractivity contribution is -0.383. The van der Waals surface area contributed by atoms with Gasteiger partial charge < -0.3 is 5.32 Å². The summed E-state index contributed by atoms with van der Waals surface area (Å²) in [5, 5.41) is 20.7. The summed E-state index contributed by atoms with van der Waals surface area (Å²) < 4.78 is 0. The van der Waals surface area contributed by atoms with Crippen LogP contribution in [0.5, 0.6) is 0 Å². The normalized spacial score (nSPS) is 10.2. The number of benzene rings is 1. The Morgan fingerprint density at radius 2 is 2.29 bits per heavy atom. The smallest absolute Gasteiger partial charge is 0.293 e. The number of aromatic amines is 1. The highest BCUT2D eigenvalue weighted by atomic mass is 35.5. The second-order valence-electron chi connectivity index (χ2n) is 3.35. The van der Waals surface area contributed by atoms with Crippen molar-refractivity contribution < 1.29 is 4.92 Å². The largest absolute Gasteiger partial charge is 0.374 e. The average Bonchev–Trinajstić information content (AvgIpc) is 2.80. The molecule has 2 aromatic rings. The number of nitrogens with zero attached hydrogens (tertiary/aromatic N) is 2. The van der Waals surface area contributed by atoms with E-state index >= 15 is 0 Å². The maximum atomic E-state index is 10.8. The number of anilines is 1. The van der Waals surface area contributed by atoms with Crippen LogP contribution in [0.1, 0.15) is 5.69 Å². The molecule has 1 aromatic carbocycles. The van der Waals surface area contributed by atoms with Crippen molar-refractivity contribution in [3.8, 4) is 0 Å². The second-order valence-corrected chi connectivity index (χ2v) is 3.79. The van der Waals surface area contributed by atoms with Crippen LogP contribution in [0.2, 0.25) is 5.02 Å². The van der Waals surface area contributed by atoms with E-state index in [1.165, 1.54) is 6.07 Å². The first kappa shape index (κ1) is 11.4. The topological polar surface area (TPSA) is 83.8 Å². The maximum Gasteiger partial charge on any atom is 0.293 e. The van der Waals surface area contributed by atoms with Crippen molar-refractivity contribution in [1.82, 2.24) is 10.2 Å². The molecule has 0 saturated carbocycles. The van der Waals surface area contributed by atoms with Crippen LogP contribution in [-0.4, -0.2) is 15.1 Å². The number of aromatic nitrogens is 2. The lowest BCUT2D eigenvalue weighted by Gasteiger charge is -2.05. The van der Waals surface area contributed by atoms with Crippen LogP contribution >= 0.6 is 11.6 Å². The Morgan fingerprint density at radius 3 is 2.94 bits per heavy atom. The SMILES string of the molecule is O=[N+]([O-])c1cc(Cl)ccc1NCc1ccn[nH]1. The molecular weight excluding hydrogens is 244 g/mol. The summed E-state index contributed by atoms with van der Waals surface area (Å²) in [5.41, 5.74) is 1.22. The fraction of sp³-hybridized carbons (Fsp3) is 0.100. The van der Waals surface area contributed by atoms with E-state index in [1.807, 2.05) is 0 Å². The molecule has 0 bridgehead atoms. The average molecular weight is 253 g/mol. The molecule has 7 heteroatoms. The Labute approximate surface area is 102 Å². The number of nitro groups is 1. The Hall–Kier alpha value is -2.08. The van der Waals surface area contributed by atoms with Gasteiger partial charge in [-0.3, -0.25) is 15.2 Å². The van der Waals surface area contributed by atoms with Gasteiger partial charge in [-0.15, -0.1) is 0 Å². The van der Waals surface area contributed by atoms with Crippen LogP contribution in [-0.2, 0) is 6.54 Å². The van der Waals surface area contributed by atoms with Gasteiger partial charge in [0.15, 0.2) is 0 Å². The Kier molecular flexibility index (Phi) is 3.24. The minimum Gasteiger partial charge on any atom is -0.374 e. The molecule has 6 nitrogen and oxygen atoms in total. The first-order valence-corrected chi connectivity index (χ1v) is 5.20. The van der Waals surface area contributed by atoms with E-state index < -0.39 is 4.92 Å². The molecule has 0 fully saturated rings. The van der Waals surface area contributed by atoms with Crippen molar-refractivity contribution in [2.45, 2.75) is 6.54 Å². The summed E-state index contributed by atoms with van der Waals surface area (Å²) in [6, 6.07) is 6.28. The van der Waals surface area contributed by atoms with Crippen LogP contribution in [0.25, 0.3) is 0 Å². The van der Waals surface area contributed by atoms with Crippen molar-refractivity contribution in [1.29, 1.82) is 0 Å². The summed E-state index contributed by atoms with van der Waals surface area (Å²) in [6.45, 7) is 0.433. The molecule has 1 heterocycles. The van der Waals surface area contributed by atoms with Crippen molar-refractivity contribution in [3.05, 3.63) is 51.3 Å². The predicted octanol–water partition coefficient (Wildman–Crippen LogP) is 2.58. The zero-order valence-electron chi connectivity index (χ0n) is 8.68. The Morgan fingerprint density at radius 1 is 1.47 bits per heavy atom. The van der Waals surface area contributed by atoms with Gasteiger partial charge in [0.05, 0.1) is 17.2 Å². The van der Waals surface area contributed by atoms with Gasteiger partial charge in [0.2, 0.25) is 0 Å². The quantitative estimate of drug-likeness (QED) is 0.647. The first-order valence-electron chi connectivity index (χ1n) is 4.83. The lowest BCUT2D eigenvalue weighted by Crippen LogP contribution is -2.02. The molecule has 0 aliphatic rings. The molecule has 88 valence electrons. The zero-order chi connectivity index (χ0) is 12.3. The zero-order valence-corrected chi connectivity index (χ0v) is 9.44. The molecular formula is C10H9ClN4O2. The molecule has 0 amide bonds. The van der Waals surface area contributed by atoms with Crippen LogP contribution < -0.4 is 5.32 Å². The van der Waals surface area contributed by atoms with Gasteiger partial charge in [-0.1, -0.05) is 11.6 Å². The summed E-state index contributed by atoms with van der Waals surface area (Å²) in [4.78, 5) is 10.4. The lowest BCUT2D eigenvalue weighted by atomic mass is 10.2. The fourth-order valence-corrected chi connectivity index (χ4v) is 1.55. The van der Waals surface area contributed by atoms with E-state index in [2.05, 4.69) is 15.5 Å². The van der Waals surface area contributed by atoms with E-state index in [1.54, 1.807) is 24.4 Å². The monoisotopic (exact) mass is 252 g/mol. The first-order chi connectivity index (χ1) is 8.16. The molecule has 17 heavy (non-hydrogen) atoms. The standard InChI is InChI=1S/C10H9ClN4O2/c11-7-1-2-9(10(5-7)15(16)17)12-6-8-3-4-13-14-8/h1-5,12H,6H2,(H,13,14). The Bertz CT molecular complexity index is 527. The van der Waals surface area contributed by atoms with Gasteiger partial charge in [-0.2, -0.15) is 5.10 Å². The molecule has 0 spiro atoms. The maximum absolute atomic E-state index is 10.8. The molecule has 0 aliphatic carbocycles. The number of halogens is 1. The molecule has 0 saturated heterocycles. The van der Waals surface area contributed by atoms with Gasteiger partial charge >= 0.3 is 0 Å². The van der Waals surface area contributed by atoms with Crippen LogP contribution in [0.4, 0.5) is 11.4 Å². The summed E-state index contributed by atoms with van der Waals surface area (Å²) in [5.74, 6) is 0. The van der Waals surface area contributed by atoms with Crippen LogP contribution in [0, 0.1) is 10.1 Å². The molecule has 1 aromatic heterocycles. The predicted molar refractivity (Wildman–Crippen MR) is 64.0 cm³/mol. The van der Waals surface area contributed by atoms with Gasteiger partial charge in [0.1, 0.15) is 5.69 Å². The molecule has 0 aliphatic heterocycles. The van der Waals surface area contributed by atoms with Gasteiger partial charge in [0.25, 0.3) is 5.69 Å². The second kappa shape index (κ2) is 4.84. The third-order valence-electron chi connectivity index (χ3n) is 2.18. The van der Waals surface area contributed by atoms with E-state index in [0.717, 1.165) is 5.69 Å². The van der Waals surface area contributed by atoms with Crippen molar-refractivity contribution in [2.24, 2.45) is 0 Å². The van der Waals surface area contributed by atoms with Crippen molar-refractivity contribution in [3.63, 3.8) is 0 Å². The van der Waals surface area contributed by atoms with Gasteiger partial charge in [0, 0.05) is 17.3 Å². The Balaban J connectivity index is 2.17. The number of H-pyrrole nitrogens is 1. The highest BCUT2D eigenvalue weighted by molar-refractivity contribution is 6.30. The summed E-state index contributed by atoms with van der Waals surface area (Å²) >= 11 is 5.71. The third kappa shape index (κ3) is 2.73. The molecule has 2 rings (SSSR count). The minimum absolute atomic E-state index is 0.0444. The van der Waals surface area contributed by atoms with E-state index in [9.17, 15) is 10.1 Å². The van der Waals surface area contributed by atoms with Crippen LogP contribution in [0.15, 0.2) is 30.5 Å². The van der Waals surface area contributed by atoms with E-state index in [-0.39, 0.29) is 5.69 Å². The number of hydrogen-bond acceptors (Lipinski definition) is 4. The number of nitro benzene ring substituents is 1. The summed E-state index contributed by atoms with van der Waals surface area (Å²) in [7, 11) is 0. The summed E-state index contributed by atoms with van der Waals surface area (Å²) in [6.07, 6.45) is 1.62. The fourth-order valence-electron chi connectivity index (χ4n) is 1.38. The minimum atomic E-state index is -0.471. The van der Waals surface area contributed by atoms with E-state index in [0.29, 0.717) is 17.3 Å². The highest BCUT2D eigenvalue weighted by Gasteiger charge is 2.13. The highest BCUT2D eigenvalue weighted by Crippen LogP contribution is 2.27. The van der Waals surface area contributed by atoms with Crippen LogP contribution in [0.3, 0.4) is 0 Å². The van der Waals surface area contributed by atoms with Crippen molar-refractivity contribution in [2.75, 3.05) is 5.32 Å². The third-order valence-corrected chi connectivity index (χ3v) is 2.42.